The third-order valence-corrected chi connectivity index (χ3v) is 5.97. The Balaban J connectivity index is 1.45. The van der Waals surface area contributed by atoms with Gasteiger partial charge in [-0.25, -0.2) is 0 Å². The van der Waals surface area contributed by atoms with Crippen LogP contribution in [-0.2, 0) is 0 Å². The average molecular weight is 264 g/mol. The molecule has 0 bridgehead atoms. The van der Waals surface area contributed by atoms with E-state index in [4.69, 9.17) is 0 Å². The van der Waals surface area contributed by atoms with Gasteiger partial charge in [0.15, 0.2) is 0 Å². The Kier molecular flexibility index (Phi) is 4.19. The summed E-state index contributed by atoms with van der Waals surface area (Å²) in [6, 6.07) is 0.732. The fourth-order valence-electron chi connectivity index (χ4n) is 4.32. The zero-order valence-electron chi connectivity index (χ0n) is 13.0. The first-order valence-electron chi connectivity index (χ1n) is 8.66. The highest BCUT2D eigenvalue weighted by Gasteiger charge is 2.45. The topological polar surface area (TPSA) is 15.3 Å². The second-order valence-electron chi connectivity index (χ2n) is 7.68. The van der Waals surface area contributed by atoms with Crippen molar-refractivity contribution >= 4 is 0 Å². The normalized spacial score (nSPS) is 37.9. The van der Waals surface area contributed by atoms with Crippen molar-refractivity contribution in [3.63, 3.8) is 0 Å². The van der Waals surface area contributed by atoms with E-state index in [0.29, 0.717) is 5.54 Å². The zero-order chi connectivity index (χ0) is 13.3. The molecular weight excluding hydrogens is 232 g/mol. The van der Waals surface area contributed by atoms with Gasteiger partial charge in [0.2, 0.25) is 0 Å². The summed E-state index contributed by atoms with van der Waals surface area (Å²) in [5.41, 5.74) is 0.417. The lowest BCUT2D eigenvalue weighted by atomic mass is 9.91. The van der Waals surface area contributed by atoms with Crippen molar-refractivity contribution in [3.8, 4) is 0 Å². The molecule has 2 saturated carbocycles. The molecule has 0 spiro atoms. The smallest absolute Gasteiger partial charge is 0.0309 e. The number of nitrogens with one attached hydrogen (secondary N) is 1. The average Bonchev–Trinajstić information content (AvgIpc) is 3.14. The summed E-state index contributed by atoms with van der Waals surface area (Å²) in [6.07, 6.45) is 11.8. The molecule has 2 nitrogen and oxygen atoms in total. The van der Waals surface area contributed by atoms with E-state index < -0.39 is 0 Å². The number of rotatable bonds is 5. The molecule has 0 aromatic rings. The molecule has 0 amide bonds. The summed E-state index contributed by atoms with van der Waals surface area (Å²) in [4.78, 5) is 2.77. The summed E-state index contributed by atoms with van der Waals surface area (Å²) < 4.78 is 0. The number of hydrogen-bond acceptors (Lipinski definition) is 2. The minimum Gasteiger partial charge on any atom is -0.308 e. The van der Waals surface area contributed by atoms with Crippen molar-refractivity contribution < 1.29 is 0 Å². The first kappa shape index (κ1) is 13.9. The van der Waals surface area contributed by atoms with Crippen LogP contribution >= 0.6 is 0 Å². The minimum atomic E-state index is 0.417. The lowest BCUT2D eigenvalue weighted by molar-refractivity contribution is 0.0807. The summed E-state index contributed by atoms with van der Waals surface area (Å²) in [5.74, 6) is 2.02. The van der Waals surface area contributed by atoms with Crippen molar-refractivity contribution in [2.24, 2.45) is 11.8 Å². The van der Waals surface area contributed by atoms with Gasteiger partial charge in [0.25, 0.3) is 0 Å². The van der Waals surface area contributed by atoms with E-state index in [1.54, 1.807) is 0 Å². The number of nitrogens with zero attached hydrogens (tertiary/aromatic N) is 1. The molecule has 0 aromatic heterocycles. The van der Waals surface area contributed by atoms with E-state index in [2.05, 4.69) is 24.1 Å². The second kappa shape index (κ2) is 5.73. The van der Waals surface area contributed by atoms with Gasteiger partial charge >= 0.3 is 0 Å². The van der Waals surface area contributed by atoms with E-state index in [1.165, 1.54) is 71.0 Å². The molecule has 0 aromatic carbocycles. The molecule has 2 aliphatic carbocycles. The zero-order valence-corrected chi connectivity index (χ0v) is 13.0. The van der Waals surface area contributed by atoms with Crippen LogP contribution < -0.4 is 5.32 Å². The Morgan fingerprint density at radius 2 is 1.89 bits per heavy atom. The van der Waals surface area contributed by atoms with Crippen molar-refractivity contribution in [2.75, 3.05) is 19.6 Å². The van der Waals surface area contributed by atoms with Gasteiger partial charge in [-0.2, -0.15) is 0 Å². The van der Waals surface area contributed by atoms with Gasteiger partial charge in [-0.05, 0) is 57.9 Å². The maximum Gasteiger partial charge on any atom is 0.0309 e. The highest BCUT2D eigenvalue weighted by molar-refractivity contribution is 5.03. The van der Waals surface area contributed by atoms with Gasteiger partial charge in [0.1, 0.15) is 0 Å². The van der Waals surface area contributed by atoms with Gasteiger partial charge in [0.05, 0.1) is 0 Å². The van der Waals surface area contributed by atoms with Crippen LogP contribution in [0.5, 0.6) is 0 Å². The largest absolute Gasteiger partial charge is 0.308 e. The van der Waals surface area contributed by atoms with Crippen LogP contribution in [0.1, 0.15) is 65.2 Å². The van der Waals surface area contributed by atoms with Crippen LogP contribution in [0.25, 0.3) is 0 Å². The Morgan fingerprint density at radius 3 is 2.58 bits per heavy atom. The molecule has 110 valence electrons. The van der Waals surface area contributed by atoms with Crippen LogP contribution in [0.15, 0.2) is 0 Å². The predicted octanol–water partition coefficient (Wildman–Crippen LogP) is 3.42. The molecule has 1 N–H and O–H groups in total. The van der Waals surface area contributed by atoms with E-state index in [9.17, 15) is 0 Å². The SMILES string of the molecule is CC1CNC(C)(C2CC2)CN1CCCC1CCCC1. The van der Waals surface area contributed by atoms with E-state index in [1.807, 2.05) is 0 Å². The Hall–Kier alpha value is -0.0800. The third kappa shape index (κ3) is 3.33. The standard InChI is InChI=1S/C17H32N2/c1-14-12-18-17(2,16-9-10-16)13-19(14)11-5-8-15-6-3-4-7-15/h14-16,18H,3-13H2,1-2H3. The van der Waals surface area contributed by atoms with Gasteiger partial charge in [-0.1, -0.05) is 25.7 Å². The van der Waals surface area contributed by atoms with Crippen LogP contribution in [0.3, 0.4) is 0 Å². The quantitative estimate of drug-likeness (QED) is 0.818. The summed E-state index contributed by atoms with van der Waals surface area (Å²) in [7, 11) is 0. The van der Waals surface area contributed by atoms with Crippen molar-refractivity contribution in [1.82, 2.24) is 10.2 Å². The van der Waals surface area contributed by atoms with Gasteiger partial charge in [-0.3, -0.25) is 4.90 Å². The molecule has 3 rings (SSSR count). The Labute approximate surface area is 119 Å². The maximum atomic E-state index is 3.83. The van der Waals surface area contributed by atoms with Crippen molar-refractivity contribution in [2.45, 2.75) is 76.8 Å². The number of piperazine rings is 1. The molecule has 2 unspecified atom stereocenters. The summed E-state index contributed by atoms with van der Waals surface area (Å²) in [5, 5.41) is 3.83. The molecule has 1 aliphatic heterocycles. The maximum absolute atomic E-state index is 3.83. The Morgan fingerprint density at radius 1 is 1.16 bits per heavy atom. The van der Waals surface area contributed by atoms with E-state index >= 15 is 0 Å². The lowest BCUT2D eigenvalue weighted by Crippen LogP contribution is -2.63. The molecule has 2 atom stereocenters. The fourth-order valence-corrected chi connectivity index (χ4v) is 4.32. The highest BCUT2D eigenvalue weighted by Crippen LogP contribution is 2.41. The molecular formula is C17H32N2. The monoisotopic (exact) mass is 264 g/mol. The Bertz CT molecular complexity index is 294. The predicted molar refractivity (Wildman–Crippen MR) is 81.4 cm³/mol. The first-order chi connectivity index (χ1) is 9.17. The third-order valence-electron chi connectivity index (χ3n) is 5.97. The van der Waals surface area contributed by atoms with Crippen LogP contribution in [0.4, 0.5) is 0 Å². The number of hydrogen-bond donors (Lipinski definition) is 1. The van der Waals surface area contributed by atoms with Gasteiger partial charge in [0, 0.05) is 24.7 Å². The lowest BCUT2D eigenvalue weighted by Gasteiger charge is -2.46. The molecule has 3 aliphatic rings. The molecule has 2 heteroatoms. The van der Waals surface area contributed by atoms with Crippen LogP contribution in [0.2, 0.25) is 0 Å². The van der Waals surface area contributed by atoms with Crippen molar-refractivity contribution in [1.29, 1.82) is 0 Å². The molecule has 0 radical (unpaired) electrons. The molecule has 1 saturated heterocycles. The van der Waals surface area contributed by atoms with Gasteiger partial charge < -0.3 is 5.32 Å². The van der Waals surface area contributed by atoms with Crippen molar-refractivity contribution in [3.05, 3.63) is 0 Å². The van der Waals surface area contributed by atoms with E-state index in [-0.39, 0.29) is 0 Å². The fraction of sp³-hybridized carbons (Fsp3) is 1.00. The summed E-state index contributed by atoms with van der Waals surface area (Å²) in [6.45, 7) is 8.66. The van der Waals surface area contributed by atoms with Crippen LogP contribution in [0, 0.1) is 11.8 Å². The molecule has 1 heterocycles. The van der Waals surface area contributed by atoms with E-state index in [0.717, 1.165) is 17.9 Å². The molecule has 3 fully saturated rings. The minimum absolute atomic E-state index is 0.417. The second-order valence-corrected chi connectivity index (χ2v) is 7.68. The van der Waals surface area contributed by atoms with Crippen LogP contribution in [-0.4, -0.2) is 36.1 Å². The molecule has 19 heavy (non-hydrogen) atoms. The highest BCUT2D eigenvalue weighted by atomic mass is 15.2. The summed E-state index contributed by atoms with van der Waals surface area (Å²) >= 11 is 0. The van der Waals surface area contributed by atoms with Gasteiger partial charge in [-0.15, -0.1) is 0 Å². The first-order valence-corrected chi connectivity index (χ1v) is 8.66.